The maximum atomic E-state index is 12.2. The zero-order chi connectivity index (χ0) is 23.1. The molecule has 0 aliphatic heterocycles. The summed E-state index contributed by atoms with van der Waals surface area (Å²) in [4.78, 5) is 44.1. The number of carbonyl (C=O) groups is 2. The maximum absolute atomic E-state index is 12.2. The Morgan fingerprint density at radius 1 is 1.00 bits per heavy atom. The predicted molar refractivity (Wildman–Crippen MR) is 118 cm³/mol. The highest BCUT2D eigenvalue weighted by atomic mass is 79.9. The molecule has 2 aromatic carbocycles. The van der Waals surface area contributed by atoms with E-state index in [2.05, 4.69) is 48.0 Å². The standard InChI is InChI=1S/C16H11Br2N5O7S/c17-9-1-2-13(12(18)5-9)30-7-14(24)20-21-16(31)19-15(25)8-3-10(22(26)27)6-11(4-8)23(28)29/h1-6H,7H2,(H,20,24)(H2,19,21,25,31). The highest BCUT2D eigenvalue weighted by molar-refractivity contribution is 9.11. The number of nitro groups is 2. The number of nitro benzene ring substituents is 2. The lowest BCUT2D eigenvalue weighted by molar-refractivity contribution is -0.394. The Balaban J connectivity index is 1.90. The van der Waals surface area contributed by atoms with Gasteiger partial charge in [-0.3, -0.25) is 46.0 Å². The number of thiocarbonyl (C=S) groups is 1. The van der Waals surface area contributed by atoms with E-state index >= 15 is 0 Å². The summed E-state index contributed by atoms with van der Waals surface area (Å²) in [5.41, 5.74) is 2.81. The number of amides is 2. The summed E-state index contributed by atoms with van der Waals surface area (Å²) < 4.78 is 6.76. The minimum atomic E-state index is -0.950. The van der Waals surface area contributed by atoms with Gasteiger partial charge in [-0.25, -0.2) is 0 Å². The van der Waals surface area contributed by atoms with Crippen molar-refractivity contribution in [2.24, 2.45) is 0 Å². The van der Waals surface area contributed by atoms with Crippen molar-refractivity contribution in [3.63, 3.8) is 0 Å². The summed E-state index contributed by atoms with van der Waals surface area (Å²) in [6.07, 6.45) is 0. The minimum Gasteiger partial charge on any atom is -0.483 e. The Hall–Kier alpha value is -3.17. The van der Waals surface area contributed by atoms with Crippen LogP contribution in [0.15, 0.2) is 45.3 Å². The van der Waals surface area contributed by atoms with Crippen LogP contribution in [0.1, 0.15) is 10.4 Å². The molecule has 0 saturated carbocycles. The summed E-state index contributed by atoms with van der Waals surface area (Å²) in [5.74, 6) is -1.16. The van der Waals surface area contributed by atoms with Crippen LogP contribution in [0.5, 0.6) is 5.75 Å². The number of rotatable bonds is 6. The third kappa shape index (κ3) is 7.23. The lowest BCUT2D eigenvalue weighted by Gasteiger charge is -2.12. The Kier molecular flexibility index (Phi) is 8.35. The lowest BCUT2D eigenvalue weighted by atomic mass is 10.1. The Bertz CT molecular complexity index is 1050. The molecule has 3 N–H and O–H groups in total. The van der Waals surface area contributed by atoms with Crippen molar-refractivity contribution < 1.29 is 24.2 Å². The van der Waals surface area contributed by atoms with Crippen molar-refractivity contribution in [2.45, 2.75) is 0 Å². The monoisotopic (exact) mass is 575 g/mol. The number of non-ortho nitro benzene ring substituents is 2. The van der Waals surface area contributed by atoms with Crippen LogP contribution in [0.3, 0.4) is 0 Å². The third-order valence-corrected chi connectivity index (χ3v) is 4.70. The lowest BCUT2D eigenvalue weighted by Crippen LogP contribution is -2.49. The van der Waals surface area contributed by atoms with Gasteiger partial charge in [0.15, 0.2) is 11.7 Å². The molecule has 0 atom stereocenters. The summed E-state index contributed by atoms with van der Waals surface area (Å²) in [7, 11) is 0. The first-order valence-corrected chi connectivity index (χ1v) is 9.98. The van der Waals surface area contributed by atoms with Crippen LogP contribution >= 0.6 is 44.1 Å². The molecule has 0 fully saturated rings. The third-order valence-electron chi connectivity index (χ3n) is 3.38. The van der Waals surface area contributed by atoms with Crippen molar-refractivity contribution >= 4 is 72.4 Å². The number of carbonyl (C=O) groups excluding carboxylic acids is 2. The fraction of sp³-hybridized carbons (Fsp3) is 0.0625. The van der Waals surface area contributed by atoms with E-state index < -0.39 is 33.0 Å². The van der Waals surface area contributed by atoms with Crippen LogP contribution in [-0.2, 0) is 4.79 Å². The summed E-state index contributed by atoms with van der Waals surface area (Å²) in [6, 6.07) is 7.52. The molecule has 0 spiro atoms. The molecule has 2 amide bonds. The molecule has 31 heavy (non-hydrogen) atoms. The first-order valence-electron chi connectivity index (χ1n) is 7.98. The van der Waals surface area contributed by atoms with Crippen LogP contribution < -0.4 is 20.9 Å². The normalized spacial score (nSPS) is 10.0. The van der Waals surface area contributed by atoms with Gasteiger partial charge < -0.3 is 4.74 Å². The maximum Gasteiger partial charge on any atom is 0.277 e. The van der Waals surface area contributed by atoms with E-state index in [-0.39, 0.29) is 17.3 Å². The first-order chi connectivity index (χ1) is 14.6. The topological polar surface area (TPSA) is 166 Å². The van der Waals surface area contributed by atoms with E-state index in [0.29, 0.717) is 10.2 Å². The predicted octanol–water partition coefficient (Wildman–Crippen LogP) is 2.74. The number of ether oxygens (including phenoxy) is 1. The summed E-state index contributed by atoms with van der Waals surface area (Å²) >= 11 is 11.4. The van der Waals surface area contributed by atoms with E-state index in [1.165, 1.54) is 0 Å². The molecule has 12 nitrogen and oxygen atoms in total. The molecule has 0 saturated heterocycles. The number of nitrogens with one attached hydrogen (secondary N) is 3. The number of benzene rings is 2. The zero-order valence-electron chi connectivity index (χ0n) is 15.1. The number of halogens is 2. The van der Waals surface area contributed by atoms with Gasteiger partial charge >= 0.3 is 0 Å². The molecule has 0 heterocycles. The van der Waals surface area contributed by atoms with Crippen molar-refractivity contribution in [2.75, 3.05) is 6.61 Å². The van der Waals surface area contributed by atoms with Crippen molar-refractivity contribution in [1.29, 1.82) is 0 Å². The van der Waals surface area contributed by atoms with E-state index in [0.717, 1.165) is 22.7 Å². The van der Waals surface area contributed by atoms with E-state index in [9.17, 15) is 29.8 Å². The molecule has 0 aromatic heterocycles. The highest BCUT2D eigenvalue weighted by Gasteiger charge is 2.20. The molecule has 162 valence electrons. The number of nitrogens with zero attached hydrogens (tertiary/aromatic N) is 2. The fourth-order valence-electron chi connectivity index (χ4n) is 2.04. The second-order valence-corrected chi connectivity index (χ2v) is 7.75. The largest absolute Gasteiger partial charge is 0.483 e. The average Bonchev–Trinajstić information content (AvgIpc) is 2.71. The van der Waals surface area contributed by atoms with Crippen LogP contribution in [0.2, 0.25) is 0 Å². The molecular formula is C16H11Br2N5O7S. The van der Waals surface area contributed by atoms with Gasteiger partial charge in [0.05, 0.1) is 25.9 Å². The fourth-order valence-corrected chi connectivity index (χ4v) is 3.35. The van der Waals surface area contributed by atoms with Gasteiger partial charge in [0.25, 0.3) is 23.2 Å². The van der Waals surface area contributed by atoms with Crippen molar-refractivity contribution in [3.8, 4) is 5.75 Å². The molecule has 0 aliphatic carbocycles. The van der Waals surface area contributed by atoms with Crippen LogP contribution in [0.4, 0.5) is 11.4 Å². The number of hydrogen-bond donors (Lipinski definition) is 3. The molecule has 0 aliphatic rings. The quantitative estimate of drug-likeness (QED) is 0.266. The highest BCUT2D eigenvalue weighted by Crippen LogP contribution is 2.28. The smallest absolute Gasteiger partial charge is 0.277 e. The zero-order valence-corrected chi connectivity index (χ0v) is 19.1. The molecule has 0 radical (unpaired) electrons. The number of hydrazine groups is 1. The molecule has 2 aromatic rings. The first kappa shape index (κ1) is 24.1. The summed E-state index contributed by atoms with van der Waals surface area (Å²) in [6.45, 7) is -0.374. The van der Waals surface area contributed by atoms with Gasteiger partial charge in [-0.1, -0.05) is 15.9 Å². The van der Waals surface area contributed by atoms with Crippen LogP contribution in [-0.4, -0.2) is 33.4 Å². The molecule has 2 rings (SSSR count). The van der Waals surface area contributed by atoms with E-state index in [1.807, 2.05) is 0 Å². The molecule has 15 heteroatoms. The van der Waals surface area contributed by atoms with Gasteiger partial charge in [0.1, 0.15) is 5.75 Å². The van der Waals surface area contributed by atoms with Crippen molar-refractivity contribution in [3.05, 3.63) is 71.1 Å². The Labute approximate surface area is 195 Å². The summed E-state index contributed by atoms with van der Waals surface area (Å²) in [5, 5.41) is 23.6. The van der Waals surface area contributed by atoms with Crippen LogP contribution in [0.25, 0.3) is 0 Å². The van der Waals surface area contributed by atoms with Gasteiger partial charge in [-0.2, -0.15) is 0 Å². The SMILES string of the molecule is O=C(COc1ccc(Br)cc1Br)NNC(=S)NC(=O)c1cc([N+](=O)[O-])cc([N+](=O)[O-])c1. The van der Waals surface area contributed by atoms with E-state index in [1.54, 1.807) is 18.2 Å². The second kappa shape index (κ2) is 10.7. The van der Waals surface area contributed by atoms with Gasteiger partial charge in [-0.05, 0) is 46.3 Å². The van der Waals surface area contributed by atoms with Gasteiger partial charge in [0, 0.05) is 16.6 Å². The minimum absolute atomic E-state index is 0.350. The number of hydrogen-bond acceptors (Lipinski definition) is 8. The van der Waals surface area contributed by atoms with E-state index in [4.69, 9.17) is 17.0 Å². The second-order valence-electron chi connectivity index (χ2n) is 5.57. The van der Waals surface area contributed by atoms with Crippen molar-refractivity contribution in [1.82, 2.24) is 16.2 Å². The van der Waals surface area contributed by atoms with Crippen LogP contribution in [0, 0.1) is 20.2 Å². The van der Waals surface area contributed by atoms with Gasteiger partial charge in [-0.15, -0.1) is 0 Å². The molecule has 0 unspecified atom stereocenters. The molecule has 0 bridgehead atoms. The van der Waals surface area contributed by atoms with Gasteiger partial charge in [0.2, 0.25) is 0 Å². The average molecular weight is 577 g/mol. The molecular weight excluding hydrogens is 566 g/mol. The Morgan fingerprint density at radius 2 is 1.61 bits per heavy atom. The Morgan fingerprint density at radius 3 is 2.16 bits per heavy atom.